The summed E-state index contributed by atoms with van der Waals surface area (Å²) >= 11 is 0. The number of nitrogens with one attached hydrogen (secondary N) is 2. The number of aliphatic hydroxyl groups is 8. The zero-order chi connectivity index (χ0) is 40.5. The van der Waals surface area contributed by atoms with Crippen LogP contribution in [0.4, 0.5) is 0 Å². The van der Waals surface area contributed by atoms with Gasteiger partial charge in [0.2, 0.25) is 5.91 Å². The Labute approximate surface area is 300 Å². The Morgan fingerprint density at radius 2 is 1.30 bits per heavy atom. The van der Waals surface area contributed by atoms with Crippen molar-refractivity contribution in [2.45, 2.75) is 92.8 Å². The quantitative estimate of drug-likeness (QED) is 0.0729. The lowest BCUT2D eigenvalue weighted by Crippen LogP contribution is -2.64. The van der Waals surface area contributed by atoms with Crippen LogP contribution < -0.4 is 16.6 Å². The molecule has 0 saturated carbocycles. The molecule has 4 rings (SSSR count). The minimum Gasteiger partial charge on any atom is -0.394 e. The summed E-state index contributed by atoms with van der Waals surface area (Å²) in [7, 11) is -17.0. The number of hydrogen-bond acceptors (Lipinski definition) is 22. The second-order valence-electron chi connectivity index (χ2n) is 11.8. The fourth-order valence-corrected chi connectivity index (χ4v) is 8.22. The summed E-state index contributed by atoms with van der Waals surface area (Å²) < 4.78 is 77.1. The predicted octanol–water partition coefficient (Wildman–Crippen LogP) is -6.71. The molecule has 0 bridgehead atoms. The number of rotatable bonds is 15. The molecule has 310 valence electrons. The van der Waals surface area contributed by atoms with Crippen LogP contribution in [0.2, 0.25) is 0 Å². The zero-order valence-electron chi connectivity index (χ0n) is 27.3. The van der Waals surface area contributed by atoms with E-state index in [-0.39, 0.29) is 0 Å². The third-order valence-corrected chi connectivity index (χ3v) is 11.4. The minimum atomic E-state index is -5.92. The number of ether oxygens (including phenoxy) is 3. The highest BCUT2D eigenvalue weighted by Gasteiger charge is 2.52. The van der Waals surface area contributed by atoms with Gasteiger partial charge in [0.15, 0.2) is 18.8 Å². The SMILES string of the molecule is CC(=O)NC1C(OP(=O)(O)OP(=O)(O)OCC2OC(n3ccc(=O)[nH]c3=O)C(O)C2O)OC(COP(=O)(O)OC2OC(CO)C(O)C(O)C2O)C(O)C1O. The molecule has 17 atom stereocenters. The van der Waals surface area contributed by atoms with Gasteiger partial charge in [0.1, 0.15) is 67.1 Å². The van der Waals surface area contributed by atoms with Crippen molar-refractivity contribution < 1.29 is 111 Å². The first-order chi connectivity index (χ1) is 25.0. The molecule has 54 heavy (non-hydrogen) atoms. The number of aromatic amines is 1. The summed E-state index contributed by atoms with van der Waals surface area (Å²) in [5, 5.41) is 82.9. The lowest BCUT2D eigenvalue weighted by molar-refractivity contribution is -0.282. The van der Waals surface area contributed by atoms with Gasteiger partial charge in [-0.25, -0.2) is 18.5 Å². The summed E-state index contributed by atoms with van der Waals surface area (Å²) in [6.07, 6.45) is -24.7. The second-order valence-corrected chi connectivity index (χ2v) is 16.2. The van der Waals surface area contributed by atoms with E-state index in [9.17, 15) is 83.6 Å². The molecule has 3 fully saturated rings. The first-order valence-electron chi connectivity index (χ1n) is 15.2. The van der Waals surface area contributed by atoms with E-state index in [4.69, 9.17) is 18.7 Å². The van der Waals surface area contributed by atoms with Crippen molar-refractivity contribution in [1.29, 1.82) is 0 Å². The third kappa shape index (κ3) is 10.9. The van der Waals surface area contributed by atoms with Gasteiger partial charge in [-0.05, 0) is 0 Å². The largest absolute Gasteiger partial charge is 0.483 e. The number of aromatic nitrogens is 2. The molecule has 13 N–H and O–H groups in total. The van der Waals surface area contributed by atoms with Crippen LogP contribution in [0.25, 0.3) is 0 Å². The molecule has 1 amide bonds. The molecule has 17 unspecified atom stereocenters. The van der Waals surface area contributed by atoms with Gasteiger partial charge in [-0.1, -0.05) is 0 Å². The number of H-pyrrole nitrogens is 1. The number of phosphoric ester groups is 3. The fourth-order valence-electron chi connectivity index (χ4n) is 5.23. The van der Waals surface area contributed by atoms with Gasteiger partial charge in [-0.3, -0.25) is 37.2 Å². The van der Waals surface area contributed by atoms with Crippen LogP contribution in [-0.2, 0) is 55.1 Å². The van der Waals surface area contributed by atoms with Crippen molar-refractivity contribution in [3.8, 4) is 0 Å². The van der Waals surface area contributed by atoms with Crippen LogP contribution in [0.15, 0.2) is 21.9 Å². The first-order valence-corrected chi connectivity index (χ1v) is 19.7. The molecule has 1 aromatic rings. The van der Waals surface area contributed by atoms with Gasteiger partial charge < -0.3 is 75.1 Å². The molecule has 0 aromatic carbocycles. The number of amides is 1. The van der Waals surface area contributed by atoms with E-state index in [1.54, 1.807) is 0 Å². The standard InChI is InChI=1S/C23H38N3O25P3/c1-7(28)24-12-16(33)14(31)10(6-44-52(38,39)50-22-19(36)17(34)13(30)8(4-27)47-22)48-21(12)49-54(42,43)51-53(40,41)45-5-9-15(32)18(35)20(46-9)26-3-2-11(29)25-23(26)37/h2-3,8-10,12-22,27,30-36H,4-6H2,1H3,(H,24,28)(H,38,39)(H,40,41)(H,42,43)(H,25,29,37). The van der Waals surface area contributed by atoms with Crippen LogP contribution in [0.5, 0.6) is 0 Å². The second kappa shape index (κ2) is 17.7. The topological polar surface area (TPSA) is 432 Å². The summed E-state index contributed by atoms with van der Waals surface area (Å²) in [6.45, 7) is -2.44. The zero-order valence-corrected chi connectivity index (χ0v) is 30.0. The van der Waals surface area contributed by atoms with Gasteiger partial charge in [-0.15, -0.1) is 0 Å². The molecular formula is C23H38N3O25P3. The maximum Gasteiger partial charge on any atom is 0.483 e. The van der Waals surface area contributed by atoms with E-state index in [0.29, 0.717) is 4.57 Å². The summed E-state index contributed by atoms with van der Waals surface area (Å²) in [6, 6.07) is -1.07. The molecule has 1 aromatic heterocycles. The molecule has 0 aliphatic carbocycles. The van der Waals surface area contributed by atoms with Gasteiger partial charge in [-0.2, -0.15) is 4.31 Å². The highest BCUT2D eigenvalue weighted by Crippen LogP contribution is 2.61. The van der Waals surface area contributed by atoms with Gasteiger partial charge in [0, 0.05) is 19.2 Å². The van der Waals surface area contributed by atoms with Gasteiger partial charge in [0.05, 0.1) is 19.8 Å². The van der Waals surface area contributed by atoms with E-state index in [2.05, 4.69) is 17.9 Å². The lowest BCUT2D eigenvalue weighted by Gasteiger charge is -2.42. The Kier molecular flexibility index (Phi) is 14.7. The summed E-state index contributed by atoms with van der Waals surface area (Å²) in [5.41, 5.74) is -1.86. The van der Waals surface area contributed by atoms with Crippen molar-refractivity contribution in [1.82, 2.24) is 14.9 Å². The summed E-state index contributed by atoms with van der Waals surface area (Å²) in [4.78, 5) is 67.7. The Hall–Kier alpha value is -1.92. The average molecular weight is 849 g/mol. The summed E-state index contributed by atoms with van der Waals surface area (Å²) in [5.74, 6) is -0.949. The molecule has 28 nitrogen and oxygen atoms in total. The maximum absolute atomic E-state index is 12.9. The Balaban J connectivity index is 1.40. The van der Waals surface area contributed by atoms with Gasteiger partial charge in [0.25, 0.3) is 5.56 Å². The third-order valence-electron chi connectivity index (χ3n) is 7.87. The predicted molar refractivity (Wildman–Crippen MR) is 164 cm³/mol. The number of nitrogens with zero attached hydrogens (tertiary/aromatic N) is 1. The Morgan fingerprint density at radius 3 is 1.89 bits per heavy atom. The number of aliphatic hydroxyl groups excluding tert-OH is 8. The van der Waals surface area contributed by atoms with E-state index >= 15 is 0 Å². The number of hydrogen-bond donors (Lipinski definition) is 13. The molecular weight excluding hydrogens is 811 g/mol. The minimum absolute atomic E-state index is 0.673. The van der Waals surface area contributed by atoms with Crippen molar-refractivity contribution in [2.75, 3.05) is 19.8 Å². The van der Waals surface area contributed by atoms with Gasteiger partial charge >= 0.3 is 29.2 Å². The Morgan fingerprint density at radius 1 is 0.759 bits per heavy atom. The molecule has 3 saturated heterocycles. The van der Waals surface area contributed by atoms with E-state index in [1.165, 1.54) is 0 Å². The highest BCUT2D eigenvalue weighted by atomic mass is 31.3. The normalized spacial score (nSPS) is 39.3. The number of carbonyl (C=O) groups excluding carboxylic acids is 1. The molecule has 4 heterocycles. The van der Waals surface area contributed by atoms with Crippen LogP contribution in [-0.4, -0.2) is 170 Å². The van der Waals surface area contributed by atoms with Crippen molar-refractivity contribution in [3.05, 3.63) is 33.1 Å². The maximum atomic E-state index is 12.9. The van der Waals surface area contributed by atoms with E-state index in [0.717, 1.165) is 19.2 Å². The monoisotopic (exact) mass is 849 g/mol. The first kappa shape index (κ1) is 44.8. The van der Waals surface area contributed by atoms with Crippen LogP contribution in [0.3, 0.4) is 0 Å². The van der Waals surface area contributed by atoms with Crippen molar-refractivity contribution in [2.24, 2.45) is 0 Å². The van der Waals surface area contributed by atoms with Crippen LogP contribution in [0, 0.1) is 0 Å². The number of carbonyl (C=O) groups is 1. The average Bonchev–Trinajstić information content (AvgIpc) is 3.34. The molecule has 3 aliphatic rings. The fraction of sp³-hybridized carbons (Fsp3) is 0.783. The molecule has 3 aliphatic heterocycles. The smallest absolute Gasteiger partial charge is 0.394 e. The molecule has 0 spiro atoms. The lowest BCUT2D eigenvalue weighted by atomic mass is 9.97. The Bertz CT molecular complexity index is 1730. The van der Waals surface area contributed by atoms with E-state index in [1.807, 2.05) is 10.3 Å². The van der Waals surface area contributed by atoms with E-state index < -0.39 is 146 Å². The number of phosphoric acid groups is 3. The molecule has 0 radical (unpaired) electrons. The van der Waals surface area contributed by atoms with Crippen molar-refractivity contribution >= 4 is 29.4 Å². The van der Waals surface area contributed by atoms with Crippen molar-refractivity contribution in [3.63, 3.8) is 0 Å². The molecule has 31 heteroatoms. The van der Waals surface area contributed by atoms with Crippen LogP contribution in [0.1, 0.15) is 13.2 Å². The van der Waals surface area contributed by atoms with Crippen LogP contribution >= 0.6 is 23.5 Å². The highest BCUT2D eigenvalue weighted by molar-refractivity contribution is 7.61.